The van der Waals surface area contributed by atoms with Crippen LogP contribution in [0, 0.1) is 5.92 Å². The number of rotatable bonds is 6. The summed E-state index contributed by atoms with van der Waals surface area (Å²) in [4.78, 5) is 8.58. The Bertz CT molecular complexity index is 533. The summed E-state index contributed by atoms with van der Waals surface area (Å²) in [6, 6.07) is 0.100. The molecule has 118 valence electrons. The summed E-state index contributed by atoms with van der Waals surface area (Å²) in [7, 11) is -2.96. The first-order chi connectivity index (χ1) is 10.0. The van der Waals surface area contributed by atoms with Crippen LogP contribution in [0.15, 0.2) is 18.6 Å². The minimum absolute atomic E-state index is 0.100. The number of hydrogen-bond acceptors (Lipinski definition) is 5. The molecule has 0 aliphatic heterocycles. The van der Waals surface area contributed by atoms with Gasteiger partial charge in [0, 0.05) is 24.8 Å². The van der Waals surface area contributed by atoms with E-state index in [0.29, 0.717) is 5.92 Å². The molecule has 0 saturated heterocycles. The first-order valence-corrected chi connectivity index (χ1v) is 9.66. The van der Waals surface area contributed by atoms with Gasteiger partial charge < -0.3 is 5.32 Å². The average molecular weight is 311 g/mol. The standard InChI is InChI=1S/C15H25N3O2S/c1-3-7-18-15(14-11-16-8-9-17-14)12-5-4-6-13(10-12)21(2,19)20/h8-9,11-13,15,18H,3-7,10H2,1-2H3. The zero-order valence-electron chi connectivity index (χ0n) is 12.8. The molecule has 0 aromatic carbocycles. The number of hydrogen-bond donors (Lipinski definition) is 1. The maximum atomic E-state index is 11.9. The summed E-state index contributed by atoms with van der Waals surface area (Å²) in [6.45, 7) is 3.03. The minimum Gasteiger partial charge on any atom is -0.308 e. The van der Waals surface area contributed by atoms with Crippen molar-refractivity contribution >= 4 is 9.84 Å². The molecule has 21 heavy (non-hydrogen) atoms. The predicted octanol–water partition coefficient (Wildman–Crippen LogP) is 2.12. The summed E-state index contributed by atoms with van der Waals surface area (Å²) >= 11 is 0. The monoisotopic (exact) mass is 311 g/mol. The Balaban J connectivity index is 2.16. The molecule has 6 heteroatoms. The van der Waals surface area contributed by atoms with Crippen LogP contribution in [0.3, 0.4) is 0 Å². The molecule has 1 aromatic rings. The highest BCUT2D eigenvalue weighted by atomic mass is 32.2. The van der Waals surface area contributed by atoms with Gasteiger partial charge in [-0.1, -0.05) is 13.3 Å². The van der Waals surface area contributed by atoms with Gasteiger partial charge in [-0.15, -0.1) is 0 Å². The van der Waals surface area contributed by atoms with Gasteiger partial charge in [0.25, 0.3) is 0 Å². The molecule has 5 nitrogen and oxygen atoms in total. The highest BCUT2D eigenvalue weighted by Crippen LogP contribution is 2.36. The van der Waals surface area contributed by atoms with Crippen molar-refractivity contribution < 1.29 is 8.42 Å². The van der Waals surface area contributed by atoms with E-state index in [0.717, 1.165) is 44.3 Å². The van der Waals surface area contributed by atoms with E-state index in [1.54, 1.807) is 18.6 Å². The molecule has 1 saturated carbocycles. The Hall–Kier alpha value is -1.01. The number of nitrogens with zero attached hydrogens (tertiary/aromatic N) is 2. The summed E-state index contributed by atoms with van der Waals surface area (Å²) in [5.41, 5.74) is 0.921. The summed E-state index contributed by atoms with van der Waals surface area (Å²) in [5.74, 6) is 0.307. The molecule has 2 rings (SSSR count). The van der Waals surface area contributed by atoms with Crippen LogP contribution in [-0.4, -0.2) is 36.4 Å². The third-order valence-electron chi connectivity index (χ3n) is 4.26. The van der Waals surface area contributed by atoms with Gasteiger partial charge in [0.2, 0.25) is 0 Å². The van der Waals surface area contributed by atoms with Crippen molar-refractivity contribution in [1.29, 1.82) is 0 Å². The molecule has 0 bridgehead atoms. The van der Waals surface area contributed by atoms with Gasteiger partial charge in [-0.25, -0.2) is 8.42 Å². The van der Waals surface area contributed by atoms with Gasteiger partial charge in [-0.2, -0.15) is 0 Å². The molecule has 0 amide bonds. The fourth-order valence-electron chi connectivity index (χ4n) is 3.16. The van der Waals surface area contributed by atoms with Crippen LogP contribution in [-0.2, 0) is 9.84 Å². The van der Waals surface area contributed by atoms with E-state index in [9.17, 15) is 8.42 Å². The molecular formula is C15H25N3O2S. The van der Waals surface area contributed by atoms with E-state index in [4.69, 9.17) is 0 Å². The molecule has 0 spiro atoms. The second-order valence-corrected chi connectivity index (χ2v) is 8.27. The predicted molar refractivity (Wildman–Crippen MR) is 83.7 cm³/mol. The smallest absolute Gasteiger partial charge is 0.150 e. The van der Waals surface area contributed by atoms with Crippen LogP contribution in [0.25, 0.3) is 0 Å². The van der Waals surface area contributed by atoms with Crippen molar-refractivity contribution in [3.8, 4) is 0 Å². The van der Waals surface area contributed by atoms with Gasteiger partial charge in [0.05, 0.1) is 17.0 Å². The summed E-state index contributed by atoms with van der Waals surface area (Å²) in [6.07, 6.45) is 11.1. The van der Waals surface area contributed by atoms with Crippen molar-refractivity contribution in [2.75, 3.05) is 12.8 Å². The Morgan fingerprint density at radius 3 is 2.81 bits per heavy atom. The van der Waals surface area contributed by atoms with Gasteiger partial charge >= 0.3 is 0 Å². The third-order valence-corrected chi connectivity index (χ3v) is 5.90. The lowest BCUT2D eigenvalue weighted by Gasteiger charge is -2.34. The molecular weight excluding hydrogens is 286 g/mol. The number of sulfone groups is 1. The molecule has 1 aliphatic carbocycles. The molecule has 3 unspecified atom stereocenters. The van der Waals surface area contributed by atoms with Crippen LogP contribution in [0.5, 0.6) is 0 Å². The van der Waals surface area contributed by atoms with Crippen molar-refractivity contribution in [3.63, 3.8) is 0 Å². The Kier molecular flexibility index (Phi) is 5.70. The average Bonchev–Trinajstić information content (AvgIpc) is 2.48. The summed E-state index contributed by atoms with van der Waals surface area (Å²) < 4.78 is 23.7. The zero-order valence-corrected chi connectivity index (χ0v) is 13.6. The van der Waals surface area contributed by atoms with E-state index in [1.807, 2.05) is 0 Å². The Morgan fingerprint density at radius 1 is 1.38 bits per heavy atom. The van der Waals surface area contributed by atoms with Crippen molar-refractivity contribution in [2.24, 2.45) is 5.92 Å². The first-order valence-electron chi connectivity index (χ1n) is 7.70. The van der Waals surface area contributed by atoms with Crippen molar-refractivity contribution in [3.05, 3.63) is 24.3 Å². The van der Waals surface area contributed by atoms with E-state index >= 15 is 0 Å². The molecule has 3 atom stereocenters. The van der Waals surface area contributed by atoms with E-state index < -0.39 is 9.84 Å². The number of nitrogens with one attached hydrogen (secondary N) is 1. The number of aromatic nitrogens is 2. The molecule has 1 fully saturated rings. The van der Waals surface area contributed by atoms with Gasteiger partial charge in [-0.3, -0.25) is 9.97 Å². The van der Waals surface area contributed by atoms with Crippen molar-refractivity contribution in [1.82, 2.24) is 15.3 Å². The highest BCUT2D eigenvalue weighted by Gasteiger charge is 2.34. The van der Waals surface area contributed by atoms with Gasteiger partial charge in [0.1, 0.15) is 9.84 Å². The highest BCUT2D eigenvalue weighted by molar-refractivity contribution is 7.91. The zero-order chi connectivity index (χ0) is 15.3. The quantitative estimate of drug-likeness (QED) is 0.871. The van der Waals surface area contributed by atoms with Gasteiger partial charge in [0.15, 0.2) is 0 Å². The Morgan fingerprint density at radius 2 is 2.19 bits per heavy atom. The van der Waals surface area contributed by atoms with E-state index in [1.165, 1.54) is 6.26 Å². The fraction of sp³-hybridized carbons (Fsp3) is 0.733. The minimum atomic E-state index is -2.96. The van der Waals surface area contributed by atoms with Crippen LogP contribution in [0.4, 0.5) is 0 Å². The van der Waals surface area contributed by atoms with Gasteiger partial charge in [-0.05, 0) is 38.1 Å². The van der Waals surface area contributed by atoms with Crippen LogP contribution < -0.4 is 5.32 Å². The molecule has 0 radical (unpaired) electrons. The van der Waals surface area contributed by atoms with E-state index in [-0.39, 0.29) is 11.3 Å². The van der Waals surface area contributed by atoms with Crippen LogP contribution >= 0.6 is 0 Å². The lowest BCUT2D eigenvalue weighted by Crippen LogP contribution is -2.36. The first kappa shape index (κ1) is 16.4. The Labute approximate surface area is 127 Å². The normalized spacial score (nSPS) is 24.7. The topological polar surface area (TPSA) is 72.0 Å². The fourth-order valence-corrected chi connectivity index (χ4v) is 4.35. The molecule has 1 aromatic heterocycles. The van der Waals surface area contributed by atoms with Crippen LogP contribution in [0.2, 0.25) is 0 Å². The largest absolute Gasteiger partial charge is 0.308 e. The van der Waals surface area contributed by atoms with E-state index in [2.05, 4.69) is 22.2 Å². The maximum absolute atomic E-state index is 11.9. The lowest BCUT2D eigenvalue weighted by atomic mass is 9.82. The van der Waals surface area contributed by atoms with Crippen molar-refractivity contribution in [2.45, 2.75) is 50.3 Å². The third kappa shape index (κ3) is 4.48. The molecule has 1 N–H and O–H groups in total. The summed E-state index contributed by atoms with van der Waals surface area (Å²) in [5, 5.41) is 3.32. The lowest BCUT2D eigenvalue weighted by molar-refractivity contribution is 0.268. The second-order valence-electron chi connectivity index (χ2n) is 5.94. The molecule has 1 heterocycles. The maximum Gasteiger partial charge on any atom is 0.150 e. The second kappa shape index (κ2) is 7.31. The molecule has 1 aliphatic rings. The SMILES string of the molecule is CCCNC(c1cnccn1)C1CCCC(S(C)(=O)=O)C1. The van der Waals surface area contributed by atoms with Crippen LogP contribution in [0.1, 0.15) is 50.8 Å².